The van der Waals surface area contributed by atoms with E-state index < -0.39 is 6.10 Å². The molecule has 9 heteroatoms. The first-order valence-electron chi connectivity index (χ1n) is 15.6. The number of ether oxygens (including phenoxy) is 2. The van der Waals surface area contributed by atoms with Gasteiger partial charge in [-0.2, -0.15) is 0 Å². The summed E-state index contributed by atoms with van der Waals surface area (Å²) >= 11 is 0. The van der Waals surface area contributed by atoms with Crippen LogP contribution in [0.4, 0.5) is 11.4 Å². The topological polar surface area (TPSA) is 82.6 Å². The van der Waals surface area contributed by atoms with Crippen LogP contribution in [0.5, 0.6) is 11.5 Å². The largest absolute Gasteiger partial charge is 0.486 e. The second-order valence-corrected chi connectivity index (χ2v) is 12.2. The molecule has 3 aromatic carbocycles. The Kier molecular flexibility index (Phi) is 7.40. The molecule has 44 heavy (non-hydrogen) atoms. The zero-order chi connectivity index (χ0) is 30.4. The number of rotatable bonds is 5. The van der Waals surface area contributed by atoms with E-state index in [4.69, 9.17) is 9.47 Å². The fourth-order valence-electron chi connectivity index (χ4n) is 7.00. The van der Waals surface area contributed by atoms with Crippen LogP contribution in [0.25, 0.3) is 0 Å². The molecule has 4 heterocycles. The molecule has 0 unspecified atom stereocenters. The second-order valence-electron chi connectivity index (χ2n) is 12.2. The highest BCUT2D eigenvalue weighted by Crippen LogP contribution is 2.36. The molecule has 7 rings (SSSR count). The van der Waals surface area contributed by atoms with Gasteiger partial charge >= 0.3 is 0 Å². The maximum atomic E-state index is 13.7. The van der Waals surface area contributed by atoms with Crippen molar-refractivity contribution in [3.05, 3.63) is 82.9 Å². The highest BCUT2D eigenvalue weighted by molar-refractivity contribution is 6.23. The monoisotopic (exact) mass is 594 g/mol. The van der Waals surface area contributed by atoms with Crippen molar-refractivity contribution in [2.45, 2.75) is 32.8 Å². The van der Waals surface area contributed by atoms with Crippen molar-refractivity contribution in [1.29, 1.82) is 0 Å². The average molecular weight is 595 g/mol. The van der Waals surface area contributed by atoms with Gasteiger partial charge in [-0.1, -0.05) is 30.3 Å². The summed E-state index contributed by atoms with van der Waals surface area (Å²) in [6.45, 7) is 8.94. The van der Waals surface area contributed by atoms with E-state index in [-0.39, 0.29) is 36.8 Å². The fraction of sp³-hybridized carbons (Fsp3) is 0.400. The molecule has 9 nitrogen and oxygen atoms in total. The third kappa shape index (κ3) is 5.04. The lowest BCUT2D eigenvalue weighted by Gasteiger charge is -2.40. The summed E-state index contributed by atoms with van der Waals surface area (Å²) in [4.78, 5) is 48.7. The Morgan fingerprint density at radius 2 is 1.57 bits per heavy atom. The number of fused-ring (bicyclic) bond motifs is 2. The predicted octanol–water partition coefficient (Wildman–Crippen LogP) is 4.30. The summed E-state index contributed by atoms with van der Waals surface area (Å²) in [6, 6.07) is 19.2. The summed E-state index contributed by atoms with van der Waals surface area (Å²) in [5.74, 6) is 0.659. The van der Waals surface area contributed by atoms with E-state index in [1.54, 1.807) is 6.07 Å². The third-order valence-electron chi connectivity index (χ3n) is 9.55. The van der Waals surface area contributed by atoms with Crippen molar-refractivity contribution in [3.8, 4) is 11.5 Å². The van der Waals surface area contributed by atoms with Gasteiger partial charge in [0.05, 0.1) is 29.3 Å². The van der Waals surface area contributed by atoms with E-state index in [1.807, 2.05) is 41.3 Å². The zero-order valence-corrected chi connectivity index (χ0v) is 25.3. The second kappa shape index (κ2) is 11.5. The van der Waals surface area contributed by atoms with Crippen LogP contribution in [0.2, 0.25) is 0 Å². The van der Waals surface area contributed by atoms with E-state index in [0.717, 1.165) is 38.2 Å². The molecule has 0 radical (unpaired) electrons. The molecule has 4 aliphatic heterocycles. The van der Waals surface area contributed by atoms with Crippen LogP contribution < -0.4 is 19.3 Å². The Labute approximate surface area is 257 Å². The van der Waals surface area contributed by atoms with Crippen LogP contribution in [0.3, 0.4) is 0 Å². The van der Waals surface area contributed by atoms with Gasteiger partial charge in [0.15, 0.2) is 17.6 Å². The van der Waals surface area contributed by atoms with Crippen LogP contribution in [-0.2, 0) is 4.79 Å². The maximum Gasteiger partial charge on any atom is 0.263 e. The van der Waals surface area contributed by atoms with Crippen molar-refractivity contribution in [2.75, 3.05) is 62.2 Å². The molecular weight excluding hydrogens is 556 g/mol. The van der Waals surface area contributed by atoms with Gasteiger partial charge in [-0.3, -0.25) is 19.3 Å². The number of carbonyl (C=O) groups excluding carboxylic acids is 3. The van der Waals surface area contributed by atoms with E-state index in [1.165, 1.54) is 21.7 Å². The quantitative estimate of drug-likeness (QED) is 0.408. The molecular formula is C35H38N4O5. The molecule has 2 atom stereocenters. The molecule has 2 saturated heterocycles. The van der Waals surface area contributed by atoms with Crippen molar-refractivity contribution in [2.24, 2.45) is 5.92 Å². The smallest absolute Gasteiger partial charge is 0.263 e. The van der Waals surface area contributed by atoms with Crippen molar-refractivity contribution in [1.82, 2.24) is 9.80 Å². The van der Waals surface area contributed by atoms with E-state index in [2.05, 4.69) is 41.8 Å². The van der Waals surface area contributed by atoms with Gasteiger partial charge in [-0.25, -0.2) is 0 Å². The predicted molar refractivity (Wildman–Crippen MR) is 168 cm³/mol. The lowest BCUT2D eigenvalue weighted by Crippen LogP contribution is -2.53. The Balaban J connectivity index is 1.02. The SMILES string of the molecule is Cc1cccc(N2CCN(C(=O)[C@@H]3CCCN(c4cccc5c4C(=O)N(C[C@@H]4COc6ccccc6O4)C5=O)C3)CC2)c1C. The van der Waals surface area contributed by atoms with Gasteiger partial charge in [-0.15, -0.1) is 0 Å². The van der Waals surface area contributed by atoms with Crippen LogP contribution in [0, 0.1) is 19.8 Å². The number of para-hydroxylation sites is 2. The number of benzene rings is 3. The summed E-state index contributed by atoms with van der Waals surface area (Å²) in [6.07, 6.45) is 1.21. The lowest BCUT2D eigenvalue weighted by atomic mass is 9.94. The molecule has 0 saturated carbocycles. The molecule has 228 valence electrons. The molecule has 0 N–H and O–H groups in total. The van der Waals surface area contributed by atoms with E-state index in [0.29, 0.717) is 42.3 Å². The first-order chi connectivity index (χ1) is 21.4. The summed E-state index contributed by atoms with van der Waals surface area (Å²) in [5, 5.41) is 0. The number of aryl methyl sites for hydroxylation is 1. The molecule has 4 aliphatic rings. The third-order valence-corrected chi connectivity index (χ3v) is 9.55. The number of piperazine rings is 1. The number of hydrogen-bond donors (Lipinski definition) is 0. The van der Waals surface area contributed by atoms with Crippen LogP contribution >= 0.6 is 0 Å². The molecule has 2 fully saturated rings. The van der Waals surface area contributed by atoms with Gasteiger partial charge in [-0.05, 0) is 68.1 Å². The Hall–Kier alpha value is -4.53. The van der Waals surface area contributed by atoms with Crippen molar-refractivity contribution < 1.29 is 23.9 Å². The molecule has 0 spiro atoms. The summed E-state index contributed by atoms with van der Waals surface area (Å²) < 4.78 is 11.9. The van der Waals surface area contributed by atoms with Crippen molar-refractivity contribution in [3.63, 3.8) is 0 Å². The number of anilines is 2. The van der Waals surface area contributed by atoms with E-state index in [9.17, 15) is 14.4 Å². The van der Waals surface area contributed by atoms with Crippen LogP contribution in [0.1, 0.15) is 44.7 Å². The molecule has 0 aromatic heterocycles. The minimum atomic E-state index is -0.456. The molecule has 0 bridgehead atoms. The molecule has 3 amide bonds. The Morgan fingerprint density at radius 3 is 2.39 bits per heavy atom. The Bertz CT molecular complexity index is 1610. The highest BCUT2D eigenvalue weighted by Gasteiger charge is 2.41. The summed E-state index contributed by atoms with van der Waals surface area (Å²) in [5.41, 5.74) is 5.38. The fourth-order valence-corrected chi connectivity index (χ4v) is 7.00. The maximum absolute atomic E-state index is 13.7. The summed E-state index contributed by atoms with van der Waals surface area (Å²) in [7, 11) is 0. The first-order valence-corrected chi connectivity index (χ1v) is 15.6. The van der Waals surface area contributed by atoms with Crippen molar-refractivity contribution >= 4 is 29.1 Å². The minimum Gasteiger partial charge on any atom is -0.486 e. The van der Waals surface area contributed by atoms with Gasteiger partial charge in [0, 0.05) is 45.0 Å². The normalized spacial score (nSPS) is 21.5. The molecule has 3 aromatic rings. The number of amides is 3. The van der Waals surface area contributed by atoms with Gasteiger partial charge in [0.25, 0.3) is 11.8 Å². The lowest BCUT2D eigenvalue weighted by molar-refractivity contribution is -0.136. The molecule has 0 aliphatic carbocycles. The van der Waals surface area contributed by atoms with E-state index >= 15 is 0 Å². The Morgan fingerprint density at radius 1 is 0.818 bits per heavy atom. The first kappa shape index (κ1) is 28.3. The number of piperidine rings is 1. The number of carbonyl (C=O) groups is 3. The van der Waals surface area contributed by atoms with Gasteiger partial charge < -0.3 is 24.2 Å². The van der Waals surface area contributed by atoms with Gasteiger partial charge in [0.1, 0.15) is 6.61 Å². The number of nitrogens with zero attached hydrogens (tertiary/aromatic N) is 4. The van der Waals surface area contributed by atoms with Crippen LogP contribution in [-0.4, -0.2) is 86.0 Å². The van der Waals surface area contributed by atoms with Gasteiger partial charge in [0.2, 0.25) is 5.91 Å². The zero-order valence-electron chi connectivity index (χ0n) is 25.3. The minimum absolute atomic E-state index is 0.106. The van der Waals surface area contributed by atoms with Crippen LogP contribution in [0.15, 0.2) is 60.7 Å². The highest BCUT2D eigenvalue weighted by atomic mass is 16.6. The number of imide groups is 1. The number of hydrogen-bond acceptors (Lipinski definition) is 7. The standard InChI is InChI=1S/C35H38N4O5/c1-23-8-5-11-28(24(23)2)36-16-18-37(19-17-36)33(40)25-9-7-15-38(20-25)29-12-6-10-27-32(29)35(42)39(34(27)41)21-26-22-43-30-13-3-4-14-31(30)44-26/h3-6,8,10-14,25-26H,7,9,15-22H2,1-2H3/t25-,26-/m1/s1. The average Bonchev–Trinajstić information content (AvgIpc) is 3.30.